The molecule has 2 atom stereocenters. The molecule has 3 amide bonds. The van der Waals surface area contributed by atoms with E-state index in [-0.39, 0.29) is 17.7 Å². The van der Waals surface area contributed by atoms with Crippen LogP contribution in [0.3, 0.4) is 0 Å². The van der Waals surface area contributed by atoms with Crippen molar-refractivity contribution < 1.29 is 14.3 Å². The highest BCUT2D eigenvalue weighted by molar-refractivity contribution is 6.10. The van der Waals surface area contributed by atoms with Gasteiger partial charge < -0.3 is 21.1 Å². The molecule has 4 N–H and O–H groups in total. The molecule has 0 bridgehead atoms. The van der Waals surface area contributed by atoms with Crippen LogP contribution in [0.5, 0.6) is 0 Å². The number of hydrogen-bond donors (Lipinski definition) is 3. The number of fused-ring (bicyclic) bond motifs is 1. The quantitative estimate of drug-likeness (QED) is 0.531. The van der Waals surface area contributed by atoms with E-state index < -0.39 is 11.9 Å². The fourth-order valence-corrected chi connectivity index (χ4v) is 4.27. The highest BCUT2D eigenvalue weighted by atomic mass is 16.5. The highest BCUT2D eigenvalue weighted by Crippen LogP contribution is 2.29. The number of nitrogens with zero attached hydrogens (tertiary/aromatic N) is 2. The number of benzene rings is 2. The maximum atomic E-state index is 13.0. The average Bonchev–Trinajstić information content (AvgIpc) is 3.20. The van der Waals surface area contributed by atoms with Crippen LogP contribution in [-0.4, -0.2) is 61.2 Å². The van der Waals surface area contributed by atoms with Gasteiger partial charge in [0.15, 0.2) is 5.69 Å². The zero-order valence-corrected chi connectivity index (χ0v) is 18.0. The second kappa shape index (κ2) is 9.76. The first-order valence-electron chi connectivity index (χ1n) is 10.6. The lowest BCUT2D eigenvalue weighted by atomic mass is 9.94. The van der Waals surface area contributed by atoms with Crippen LogP contribution in [0.15, 0.2) is 60.8 Å². The maximum Gasteiger partial charge on any atom is 0.319 e. The number of aromatic nitrogens is 1. The van der Waals surface area contributed by atoms with Gasteiger partial charge in [0, 0.05) is 49.6 Å². The second-order valence-corrected chi connectivity index (χ2v) is 7.91. The molecule has 8 heteroatoms. The number of methoxy groups -OCH3 is 1. The fraction of sp³-hybridized carbons (Fsp3) is 0.292. The van der Waals surface area contributed by atoms with Crippen molar-refractivity contribution in [3.05, 3.63) is 72.1 Å². The van der Waals surface area contributed by atoms with Gasteiger partial charge in [-0.25, -0.2) is 9.78 Å². The minimum Gasteiger partial charge on any atom is -0.383 e. The molecule has 0 saturated carbocycles. The molecule has 166 valence electrons. The van der Waals surface area contributed by atoms with Gasteiger partial charge in [0.1, 0.15) is 0 Å². The topological polar surface area (TPSA) is 110 Å². The number of primary amides is 1. The Morgan fingerprint density at radius 1 is 1.12 bits per heavy atom. The smallest absolute Gasteiger partial charge is 0.319 e. The van der Waals surface area contributed by atoms with Crippen molar-refractivity contribution in [2.75, 3.05) is 38.7 Å². The van der Waals surface area contributed by atoms with Gasteiger partial charge in [-0.05, 0) is 5.56 Å². The molecule has 0 radical (unpaired) electrons. The van der Waals surface area contributed by atoms with Crippen molar-refractivity contribution >= 4 is 28.4 Å². The average molecular weight is 434 g/mol. The van der Waals surface area contributed by atoms with Crippen LogP contribution in [0.4, 0.5) is 10.5 Å². The van der Waals surface area contributed by atoms with E-state index in [0.717, 1.165) is 18.5 Å². The second-order valence-electron chi connectivity index (χ2n) is 7.91. The monoisotopic (exact) mass is 433 g/mol. The van der Waals surface area contributed by atoms with E-state index in [1.54, 1.807) is 13.3 Å². The number of carbonyl (C=O) groups is 2. The Kier molecular flexibility index (Phi) is 6.63. The molecule has 4 rings (SSSR count). The lowest BCUT2D eigenvalue weighted by Gasteiger charge is -2.21. The molecular weight excluding hydrogens is 406 g/mol. The van der Waals surface area contributed by atoms with Crippen LogP contribution in [0.1, 0.15) is 22.0 Å². The molecule has 1 saturated heterocycles. The van der Waals surface area contributed by atoms with E-state index in [9.17, 15) is 9.59 Å². The number of urea groups is 1. The molecule has 0 aliphatic carbocycles. The first-order chi connectivity index (χ1) is 15.6. The van der Waals surface area contributed by atoms with Gasteiger partial charge in [0.05, 0.1) is 18.3 Å². The predicted octanol–water partition coefficient (Wildman–Crippen LogP) is 2.57. The van der Waals surface area contributed by atoms with Crippen molar-refractivity contribution in [3.63, 3.8) is 0 Å². The van der Waals surface area contributed by atoms with Crippen molar-refractivity contribution in [2.24, 2.45) is 5.73 Å². The fourth-order valence-electron chi connectivity index (χ4n) is 4.27. The Bertz CT molecular complexity index is 1110. The summed E-state index contributed by atoms with van der Waals surface area (Å²) in [5.74, 6) is -0.556. The SMILES string of the molecule is COCCN1C[C@@H](NC(=O)Nc2c(C(N)=O)ncc3ccccc23)[C@H](c2ccccc2)C1. The Balaban J connectivity index is 1.56. The molecule has 2 heterocycles. The first kappa shape index (κ1) is 21.7. The minimum absolute atomic E-state index is 0.0339. The molecule has 0 unspecified atom stereocenters. The molecule has 0 spiro atoms. The number of amides is 3. The number of hydrogen-bond acceptors (Lipinski definition) is 5. The number of pyridine rings is 1. The normalized spacial score (nSPS) is 18.5. The number of nitrogens with two attached hydrogens (primary N) is 1. The van der Waals surface area contributed by atoms with Crippen LogP contribution in [0, 0.1) is 0 Å². The summed E-state index contributed by atoms with van der Waals surface area (Å²) in [5.41, 5.74) is 7.04. The molecule has 3 aromatic rings. The highest BCUT2D eigenvalue weighted by Gasteiger charge is 2.34. The molecule has 1 fully saturated rings. The minimum atomic E-state index is -0.695. The standard InChI is InChI=1S/C24H27N5O3/c1-32-12-11-29-14-19(16-7-3-2-4-8-16)20(15-29)27-24(31)28-21-18-10-6-5-9-17(18)13-26-22(21)23(25)30/h2-10,13,19-20H,11-12,14-15H2,1H3,(H2,25,30)(H2,27,28,31)/t19-,20+/m0/s1. The van der Waals surface area contributed by atoms with E-state index in [0.29, 0.717) is 24.2 Å². The lowest BCUT2D eigenvalue weighted by molar-refractivity contribution is 0.0996. The van der Waals surface area contributed by atoms with Gasteiger partial charge in [0.25, 0.3) is 5.91 Å². The van der Waals surface area contributed by atoms with Gasteiger partial charge in [-0.15, -0.1) is 0 Å². The van der Waals surface area contributed by atoms with E-state index in [2.05, 4.69) is 32.7 Å². The summed E-state index contributed by atoms with van der Waals surface area (Å²) < 4.78 is 5.22. The Labute approximate surface area is 186 Å². The predicted molar refractivity (Wildman–Crippen MR) is 124 cm³/mol. The number of rotatable bonds is 7. The summed E-state index contributed by atoms with van der Waals surface area (Å²) in [6.45, 7) is 2.94. The lowest BCUT2D eigenvalue weighted by Crippen LogP contribution is -2.42. The Morgan fingerprint density at radius 3 is 2.62 bits per heavy atom. The summed E-state index contributed by atoms with van der Waals surface area (Å²) in [4.78, 5) is 31.4. The number of nitrogens with one attached hydrogen (secondary N) is 2. The van der Waals surface area contributed by atoms with Gasteiger partial charge in [-0.1, -0.05) is 54.6 Å². The molecule has 1 aromatic heterocycles. The van der Waals surface area contributed by atoms with Crippen LogP contribution in [-0.2, 0) is 4.74 Å². The van der Waals surface area contributed by atoms with Crippen molar-refractivity contribution in [2.45, 2.75) is 12.0 Å². The van der Waals surface area contributed by atoms with Gasteiger partial charge in [-0.2, -0.15) is 0 Å². The summed E-state index contributed by atoms with van der Waals surface area (Å²) in [5, 5.41) is 7.45. The summed E-state index contributed by atoms with van der Waals surface area (Å²) in [6, 6.07) is 17.1. The zero-order valence-electron chi connectivity index (χ0n) is 18.0. The van der Waals surface area contributed by atoms with Gasteiger partial charge >= 0.3 is 6.03 Å². The molecule has 32 heavy (non-hydrogen) atoms. The third-order valence-electron chi connectivity index (χ3n) is 5.82. The summed E-state index contributed by atoms with van der Waals surface area (Å²) in [6.07, 6.45) is 1.58. The first-order valence-corrected chi connectivity index (χ1v) is 10.6. The third kappa shape index (κ3) is 4.71. The van der Waals surface area contributed by atoms with Crippen molar-refractivity contribution in [1.29, 1.82) is 0 Å². The van der Waals surface area contributed by atoms with E-state index in [1.165, 1.54) is 5.56 Å². The molecule has 1 aliphatic rings. The molecule has 1 aliphatic heterocycles. The van der Waals surface area contributed by atoms with Crippen LogP contribution in [0.2, 0.25) is 0 Å². The van der Waals surface area contributed by atoms with E-state index >= 15 is 0 Å². The summed E-state index contributed by atoms with van der Waals surface area (Å²) >= 11 is 0. The Hall–Kier alpha value is -3.49. The number of likely N-dealkylation sites (tertiary alicyclic amines) is 1. The van der Waals surface area contributed by atoms with Gasteiger partial charge in [0.2, 0.25) is 0 Å². The van der Waals surface area contributed by atoms with Crippen LogP contribution < -0.4 is 16.4 Å². The van der Waals surface area contributed by atoms with Crippen LogP contribution in [0.25, 0.3) is 10.8 Å². The molecular formula is C24H27N5O3. The maximum absolute atomic E-state index is 13.0. The van der Waals surface area contributed by atoms with Crippen LogP contribution >= 0.6 is 0 Å². The summed E-state index contributed by atoms with van der Waals surface area (Å²) in [7, 11) is 1.68. The molecule has 8 nitrogen and oxygen atoms in total. The van der Waals surface area contributed by atoms with E-state index in [4.69, 9.17) is 10.5 Å². The number of ether oxygens (including phenoxy) is 1. The van der Waals surface area contributed by atoms with Crippen molar-refractivity contribution in [1.82, 2.24) is 15.2 Å². The molecule has 2 aromatic carbocycles. The third-order valence-corrected chi connectivity index (χ3v) is 5.82. The zero-order chi connectivity index (χ0) is 22.5. The Morgan fingerprint density at radius 2 is 1.88 bits per heavy atom. The van der Waals surface area contributed by atoms with Gasteiger partial charge in [-0.3, -0.25) is 9.69 Å². The van der Waals surface area contributed by atoms with E-state index in [1.807, 2.05) is 42.5 Å². The number of anilines is 1. The largest absolute Gasteiger partial charge is 0.383 e. The number of carbonyl (C=O) groups excluding carboxylic acids is 2. The van der Waals surface area contributed by atoms with Crippen molar-refractivity contribution in [3.8, 4) is 0 Å².